The molecule has 2 aliphatic rings. The van der Waals surface area contributed by atoms with Crippen molar-refractivity contribution in [2.75, 3.05) is 16.8 Å². The van der Waals surface area contributed by atoms with E-state index in [2.05, 4.69) is 5.32 Å². The van der Waals surface area contributed by atoms with E-state index in [9.17, 15) is 9.59 Å². The van der Waals surface area contributed by atoms with Crippen LogP contribution in [-0.4, -0.2) is 24.4 Å². The van der Waals surface area contributed by atoms with Gasteiger partial charge in [0, 0.05) is 30.9 Å². The quantitative estimate of drug-likeness (QED) is 0.875. The molecule has 22 heavy (non-hydrogen) atoms. The van der Waals surface area contributed by atoms with Gasteiger partial charge in [-0.2, -0.15) is 0 Å². The first-order valence-corrected chi connectivity index (χ1v) is 7.54. The Labute approximate surface area is 136 Å². The first-order chi connectivity index (χ1) is 10.1. The van der Waals surface area contributed by atoms with E-state index in [1.165, 1.54) is 0 Å². The minimum Gasteiger partial charge on any atom is -0.327 e. The van der Waals surface area contributed by atoms with Crippen molar-refractivity contribution >= 4 is 35.6 Å². The maximum atomic E-state index is 12.2. The van der Waals surface area contributed by atoms with Crippen LogP contribution in [0.1, 0.15) is 31.7 Å². The molecule has 0 saturated heterocycles. The predicted molar refractivity (Wildman–Crippen MR) is 89.4 cm³/mol. The molecular formula is C16H22ClN3O2. The molecule has 3 N–H and O–H groups in total. The number of amides is 2. The summed E-state index contributed by atoms with van der Waals surface area (Å²) >= 11 is 0. The fraction of sp³-hybridized carbons (Fsp3) is 0.500. The van der Waals surface area contributed by atoms with Crippen LogP contribution in [0.25, 0.3) is 0 Å². The summed E-state index contributed by atoms with van der Waals surface area (Å²) in [6.07, 6.45) is 3.66. The van der Waals surface area contributed by atoms with Gasteiger partial charge in [0.1, 0.15) is 0 Å². The van der Waals surface area contributed by atoms with Crippen LogP contribution in [-0.2, 0) is 16.0 Å². The van der Waals surface area contributed by atoms with Crippen molar-refractivity contribution in [1.29, 1.82) is 0 Å². The molecule has 2 atom stereocenters. The average molecular weight is 324 g/mol. The van der Waals surface area contributed by atoms with E-state index < -0.39 is 0 Å². The molecule has 0 bridgehead atoms. The van der Waals surface area contributed by atoms with Crippen molar-refractivity contribution in [2.24, 2.45) is 11.7 Å². The topological polar surface area (TPSA) is 75.4 Å². The molecule has 1 saturated carbocycles. The highest BCUT2D eigenvalue weighted by atomic mass is 35.5. The smallest absolute Gasteiger partial charge is 0.229 e. The zero-order valence-electron chi connectivity index (χ0n) is 12.7. The Morgan fingerprint density at radius 2 is 2.09 bits per heavy atom. The van der Waals surface area contributed by atoms with Crippen LogP contribution in [0.4, 0.5) is 11.4 Å². The zero-order chi connectivity index (χ0) is 15.0. The molecule has 1 aromatic rings. The van der Waals surface area contributed by atoms with Crippen LogP contribution >= 0.6 is 12.4 Å². The molecule has 2 amide bonds. The van der Waals surface area contributed by atoms with Gasteiger partial charge in [-0.1, -0.05) is 6.42 Å². The molecule has 1 aliphatic carbocycles. The van der Waals surface area contributed by atoms with Gasteiger partial charge in [0.05, 0.1) is 5.92 Å². The normalized spacial score (nSPS) is 22.9. The van der Waals surface area contributed by atoms with Gasteiger partial charge in [0.2, 0.25) is 11.8 Å². The molecule has 0 aromatic heterocycles. The number of hydrogen-bond donors (Lipinski definition) is 2. The van der Waals surface area contributed by atoms with Crippen LogP contribution in [0.3, 0.4) is 0 Å². The van der Waals surface area contributed by atoms with Crippen LogP contribution in [0.5, 0.6) is 0 Å². The third kappa shape index (κ3) is 3.10. The van der Waals surface area contributed by atoms with Gasteiger partial charge in [-0.25, -0.2) is 0 Å². The summed E-state index contributed by atoms with van der Waals surface area (Å²) < 4.78 is 0. The number of carbonyl (C=O) groups is 2. The average Bonchev–Trinajstić information content (AvgIpc) is 3.04. The Kier molecular flexibility index (Phi) is 5.08. The number of rotatable bonds is 2. The van der Waals surface area contributed by atoms with Crippen molar-refractivity contribution in [3.05, 3.63) is 23.8 Å². The summed E-state index contributed by atoms with van der Waals surface area (Å²) in [4.78, 5) is 25.5. The maximum Gasteiger partial charge on any atom is 0.229 e. The maximum absolute atomic E-state index is 12.2. The lowest BCUT2D eigenvalue weighted by molar-refractivity contribution is -0.120. The van der Waals surface area contributed by atoms with Crippen LogP contribution in [0.2, 0.25) is 0 Å². The van der Waals surface area contributed by atoms with E-state index in [1.54, 1.807) is 11.8 Å². The molecule has 2 unspecified atom stereocenters. The fourth-order valence-corrected chi connectivity index (χ4v) is 3.36. The monoisotopic (exact) mass is 323 g/mol. The summed E-state index contributed by atoms with van der Waals surface area (Å²) in [6, 6.07) is 5.72. The van der Waals surface area contributed by atoms with Gasteiger partial charge >= 0.3 is 0 Å². The number of nitrogens with one attached hydrogen (secondary N) is 1. The first kappa shape index (κ1) is 16.8. The molecule has 1 fully saturated rings. The number of nitrogens with two attached hydrogens (primary N) is 1. The number of benzene rings is 1. The Hall–Kier alpha value is -1.59. The summed E-state index contributed by atoms with van der Waals surface area (Å²) in [7, 11) is 0. The fourth-order valence-electron chi connectivity index (χ4n) is 3.36. The second-order valence-electron chi connectivity index (χ2n) is 5.95. The standard InChI is InChI=1S/C16H21N3O2.ClH/c1-10(20)19-8-7-11-9-12(5-6-15(11)19)18-16(21)13-3-2-4-14(13)17;/h5-6,9,13-14H,2-4,7-8,17H2,1H3,(H,18,21);1H. The Bertz CT molecular complexity index is 591. The molecule has 0 spiro atoms. The van der Waals surface area contributed by atoms with Crippen molar-refractivity contribution < 1.29 is 9.59 Å². The van der Waals surface area contributed by atoms with Crippen molar-refractivity contribution in [3.63, 3.8) is 0 Å². The SMILES string of the molecule is CC(=O)N1CCc2cc(NC(=O)C3CCCC3N)ccc21.Cl. The molecular weight excluding hydrogens is 302 g/mol. The van der Waals surface area contributed by atoms with Gasteiger partial charge in [-0.3, -0.25) is 9.59 Å². The highest BCUT2D eigenvalue weighted by Crippen LogP contribution is 2.31. The summed E-state index contributed by atoms with van der Waals surface area (Å²) in [5.41, 5.74) is 8.83. The van der Waals surface area contributed by atoms with E-state index in [0.29, 0.717) is 0 Å². The van der Waals surface area contributed by atoms with Crippen molar-refractivity contribution in [1.82, 2.24) is 0 Å². The largest absolute Gasteiger partial charge is 0.327 e. The minimum atomic E-state index is -0.0769. The molecule has 1 heterocycles. The van der Waals surface area contributed by atoms with E-state index in [-0.39, 0.29) is 36.2 Å². The number of fused-ring (bicyclic) bond motifs is 1. The molecule has 0 radical (unpaired) electrons. The molecule has 120 valence electrons. The Morgan fingerprint density at radius 3 is 2.73 bits per heavy atom. The summed E-state index contributed by atoms with van der Waals surface area (Å²) in [6.45, 7) is 2.29. The van der Waals surface area contributed by atoms with E-state index in [4.69, 9.17) is 5.73 Å². The zero-order valence-corrected chi connectivity index (χ0v) is 13.5. The van der Waals surface area contributed by atoms with Gasteiger partial charge in [-0.05, 0) is 43.0 Å². The molecule has 1 aromatic carbocycles. The summed E-state index contributed by atoms with van der Waals surface area (Å²) in [5.74, 6) is -0.00388. The lowest BCUT2D eigenvalue weighted by atomic mass is 10.0. The molecule has 1 aliphatic heterocycles. The van der Waals surface area contributed by atoms with E-state index in [0.717, 1.165) is 49.2 Å². The highest BCUT2D eigenvalue weighted by molar-refractivity contribution is 5.96. The number of hydrogen-bond acceptors (Lipinski definition) is 3. The van der Waals surface area contributed by atoms with Crippen LogP contribution in [0.15, 0.2) is 18.2 Å². The van der Waals surface area contributed by atoms with Crippen LogP contribution < -0.4 is 16.0 Å². The number of nitrogens with zero attached hydrogens (tertiary/aromatic N) is 1. The number of halogens is 1. The highest BCUT2D eigenvalue weighted by Gasteiger charge is 2.30. The van der Waals surface area contributed by atoms with E-state index >= 15 is 0 Å². The molecule has 5 nitrogen and oxygen atoms in total. The van der Waals surface area contributed by atoms with Gasteiger partial charge in [-0.15, -0.1) is 12.4 Å². The van der Waals surface area contributed by atoms with Gasteiger partial charge in [0.25, 0.3) is 0 Å². The number of carbonyl (C=O) groups excluding carboxylic acids is 2. The molecule has 6 heteroatoms. The third-order valence-corrected chi connectivity index (χ3v) is 4.53. The lowest BCUT2D eigenvalue weighted by Crippen LogP contribution is -2.34. The first-order valence-electron chi connectivity index (χ1n) is 7.54. The second-order valence-corrected chi connectivity index (χ2v) is 5.95. The van der Waals surface area contributed by atoms with Gasteiger partial charge < -0.3 is 16.0 Å². The van der Waals surface area contributed by atoms with Gasteiger partial charge in [0.15, 0.2) is 0 Å². The van der Waals surface area contributed by atoms with Crippen LogP contribution in [0, 0.1) is 5.92 Å². The second kappa shape index (κ2) is 6.67. The third-order valence-electron chi connectivity index (χ3n) is 4.53. The molecule has 3 rings (SSSR count). The number of anilines is 2. The Balaban J connectivity index is 0.00000176. The van der Waals surface area contributed by atoms with Crippen molar-refractivity contribution in [2.45, 2.75) is 38.6 Å². The summed E-state index contributed by atoms with van der Waals surface area (Å²) in [5, 5.41) is 2.97. The van der Waals surface area contributed by atoms with E-state index in [1.807, 2.05) is 18.2 Å². The Morgan fingerprint density at radius 1 is 1.32 bits per heavy atom. The van der Waals surface area contributed by atoms with Crippen molar-refractivity contribution in [3.8, 4) is 0 Å². The lowest BCUT2D eigenvalue weighted by Gasteiger charge is -2.17. The predicted octanol–water partition coefficient (Wildman–Crippen LogP) is 2.08. The minimum absolute atomic E-state index is 0.